The molecule has 0 aliphatic carbocycles. The summed E-state index contributed by atoms with van der Waals surface area (Å²) in [6, 6.07) is 35.7. The van der Waals surface area contributed by atoms with Crippen molar-refractivity contribution in [3.63, 3.8) is 0 Å². The van der Waals surface area contributed by atoms with Crippen LogP contribution >= 0.6 is 0 Å². The lowest BCUT2D eigenvalue weighted by atomic mass is 9.79. The first-order valence-corrected chi connectivity index (χ1v) is 26.0. The highest BCUT2D eigenvalue weighted by Gasteiger charge is 2.30. The van der Waals surface area contributed by atoms with Gasteiger partial charge in [-0.1, -0.05) is 173 Å². The van der Waals surface area contributed by atoms with Crippen LogP contribution in [0.2, 0.25) is 0 Å². The Morgan fingerprint density at radius 2 is 0.689 bits per heavy atom. The zero-order chi connectivity index (χ0) is 53.8. The number of rotatable bonds is 6. The molecule has 0 saturated carbocycles. The summed E-state index contributed by atoms with van der Waals surface area (Å²) in [5.74, 6) is 1.14. The van der Waals surface area contributed by atoms with E-state index in [0.717, 1.165) is 78.1 Å². The van der Waals surface area contributed by atoms with Gasteiger partial charge in [0.05, 0.1) is 22.5 Å². The monoisotopic (exact) mass is 987 g/mol. The highest BCUT2D eigenvalue weighted by Crippen LogP contribution is 2.46. The van der Waals surface area contributed by atoms with E-state index in [1.165, 1.54) is 0 Å². The Morgan fingerprint density at radius 1 is 0.351 bits per heavy atom. The summed E-state index contributed by atoms with van der Waals surface area (Å²) in [4.78, 5) is 20.2. The van der Waals surface area contributed by atoms with Crippen molar-refractivity contribution in [2.24, 2.45) is 0 Å². The van der Waals surface area contributed by atoms with Crippen molar-refractivity contribution in [2.45, 2.75) is 157 Å². The fourth-order valence-electron chi connectivity index (χ4n) is 9.60. The van der Waals surface area contributed by atoms with Gasteiger partial charge in [-0.25, -0.2) is 19.9 Å². The minimum absolute atomic E-state index is 0.164. The molecular weight excluding hydrogens is 913 g/mol. The van der Waals surface area contributed by atoms with Crippen LogP contribution in [0, 0.1) is 0 Å². The van der Waals surface area contributed by atoms with E-state index in [-0.39, 0.29) is 44.0 Å². The third-order valence-corrected chi connectivity index (χ3v) is 14.3. The van der Waals surface area contributed by atoms with E-state index >= 15 is 0 Å². The molecule has 0 radical (unpaired) electrons. The van der Waals surface area contributed by atoms with Gasteiger partial charge >= 0.3 is 0 Å². The van der Waals surface area contributed by atoms with Crippen molar-refractivity contribution in [2.75, 3.05) is 0 Å². The second kappa shape index (κ2) is 17.8. The SMILES string of the molecule is CC(C)(C)c1cc(-c2cc(-c3cc(-c4cccc5oc(-c6cc(C(C)(C)C)cc(C(C)(C)C)c6O)nc45)cc(C(C)(C)C)c3)ncn2)cc(-c2cccc3oc(-c4cc(C(C)(C)C)cc(C(C)(C)C)c4O)nc23)c1. The molecule has 0 saturated heterocycles. The lowest BCUT2D eigenvalue weighted by Crippen LogP contribution is -2.17. The van der Waals surface area contributed by atoms with Gasteiger partial charge in [-0.05, 0) is 120 Å². The van der Waals surface area contributed by atoms with Crippen LogP contribution in [0.25, 0.3) is 89.9 Å². The molecule has 3 heterocycles. The Morgan fingerprint density at radius 3 is 1.03 bits per heavy atom. The highest BCUT2D eigenvalue weighted by molar-refractivity contribution is 5.95. The fraction of sp³-hybridized carbons (Fsp3) is 0.364. The van der Waals surface area contributed by atoms with E-state index in [9.17, 15) is 10.2 Å². The van der Waals surface area contributed by atoms with Crippen molar-refractivity contribution in [1.82, 2.24) is 19.9 Å². The smallest absolute Gasteiger partial charge is 0.231 e. The van der Waals surface area contributed by atoms with Crippen LogP contribution in [0.4, 0.5) is 0 Å². The van der Waals surface area contributed by atoms with E-state index in [1.54, 1.807) is 6.33 Å². The molecule has 8 heteroatoms. The van der Waals surface area contributed by atoms with Gasteiger partial charge in [0.2, 0.25) is 11.8 Å². The lowest BCUT2D eigenvalue weighted by molar-refractivity contribution is 0.443. The van der Waals surface area contributed by atoms with Gasteiger partial charge in [0.1, 0.15) is 28.9 Å². The van der Waals surface area contributed by atoms with Crippen LogP contribution in [-0.4, -0.2) is 30.1 Å². The minimum atomic E-state index is -0.306. The highest BCUT2D eigenvalue weighted by atomic mass is 16.4. The molecule has 0 unspecified atom stereocenters. The number of benzene rings is 6. The molecule has 2 N–H and O–H groups in total. The molecule has 0 aliphatic heterocycles. The number of aromatic nitrogens is 4. The summed E-state index contributed by atoms with van der Waals surface area (Å²) in [7, 11) is 0. The third-order valence-electron chi connectivity index (χ3n) is 14.3. The van der Waals surface area contributed by atoms with Crippen LogP contribution in [0.1, 0.15) is 158 Å². The second-order valence-corrected chi connectivity index (χ2v) is 26.6. The van der Waals surface area contributed by atoms with Gasteiger partial charge < -0.3 is 19.0 Å². The number of para-hydroxylation sites is 2. The average Bonchev–Trinajstić information content (AvgIpc) is 3.94. The number of nitrogens with zero attached hydrogens (tertiary/aromatic N) is 4. The quantitative estimate of drug-likeness (QED) is 0.169. The Hall–Kier alpha value is -7.06. The fourth-order valence-corrected chi connectivity index (χ4v) is 9.60. The molecule has 9 aromatic rings. The lowest BCUT2D eigenvalue weighted by Gasteiger charge is -2.27. The van der Waals surface area contributed by atoms with Gasteiger partial charge in [0, 0.05) is 33.4 Å². The van der Waals surface area contributed by atoms with E-state index in [1.807, 2.05) is 36.4 Å². The van der Waals surface area contributed by atoms with Crippen molar-refractivity contribution in [3.8, 4) is 79.2 Å². The molecule has 0 amide bonds. The van der Waals surface area contributed by atoms with E-state index in [4.69, 9.17) is 28.8 Å². The number of phenols is 2. The first-order valence-electron chi connectivity index (χ1n) is 26.0. The minimum Gasteiger partial charge on any atom is -0.507 e. The van der Waals surface area contributed by atoms with E-state index in [0.29, 0.717) is 45.1 Å². The van der Waals surface area contributed by atoms with Crippen LogP contribution in [-0.2, 0) is 32.5 Å². The number of hydrogen-bond donors (Lipinski definition) is 2. The van der Waals surface area contributed by atoms with Gasteiger partial charge in [-0.15, -0.1) is 0 Å². The van der Waals surface area contributed by atoms with Crippen molar-refractivity contribution in [3.05, 3.63) is 143 Å². The number of phenolic OH excluding ortho intramolecular Hbond substituents is 2. The van der Waals surface area contributed by atoms with Crippen molar-refractivity contribution in [1.29, 1.82) is 0 Å². The zero-order valence-electron chi connectivity index (χ0n) is 46.9. The van der Waals surface area contributed by atoms with E-state index in [2.05, 4.69) is 191 Å². The summed E-state index contributed by atoms with van der Waals surface area (Å²) in [5, 5.41) is 23.6. The van der Waals surface area contributed by atoms with Gasteiger partial charge in [0.25, 0.3) is 0 Å². The van der Waals surface area contributed by atoms with Crippen molar-refractivity contribution >= 4 is 22.2 Å². The maximum atomic E-state index is 11.8. The average molecular weight is 987 g/mol. The molecule has 8 nitrogen and oxygen atoms in total. The molecule has 0 atom stereocenters. The predicted octanol–water partition coefficient (Wildman–Crippen LogP) is 18.0. The topological polar surface area (TPSA) is 118 Å². The summed E-state index contributed by atoms with van der Waals surface area (Å²) in [6.07, 6.45) is 1.65. The first-order chi connectivity index (χ1) is 34.3. The van der Waals surface area contributed by atoms with Crippen LogP contribution < -0.4 is 0 Å². The van der Waals surface area contributed by atoms with Crippen LogP contribution in [0.5, 0.6) is 11.5 Å². The largest absolute Gasteiger partial charge is 0.507 e. The normalized spacial score (nSPS) is 13.1. The summed E-state index contributed by atoms with van der Waals surface area (Å²) in [5.41, 5.74) is 16.0. The molecule has 6 aromatic carbocycles. The summed E-state index contributed by atoms with van der Waals surface area (Å²) in [6.45, 7) is 39.1. The molecule has 3 aromatic heterocycles. The Bertz CT molecular complexity index is 3400. The van der Waals surface area contributed by atoms with Crippen molar-refractivity contribution < 1.29 is 19.0 Å². The summed E-state index contributed by atoms with van der Waals surface area (Å²) >= 11 is 0. The first kappa shape index (κ1) is 51.8. The molecular formula is C66H74N4O4. The predicted molar refractivity (Wildman–Crippen MR) is 305 cm³/mol. The molecule has 0 spiro atoms. The molecule has 74 heavy (non-hydrogen) atoms. The number of hydrogen-bond acceptors (Lipinski definition) is 8. The van der Waals surface area contributed by atoms with Gasteiger partial charge in [0.15, 0.2) is 11.2 Å². The molecule has 0 fully saturated rings. The Balaban J connectivity index is 1.16. The standard InChI is InChI=1S/C66H74N4O4/c1-61(2,3)41-27-37(45-21-19-23-53-55(45)69-59(73-53)47-31-43(63(7,8)9)33-49(57(47)71)65(13,14)15)25-39(29-41)51-35-52(68-36-67-51)40-26-38(28-42(30-40)62(4,5)6)46-22-20-24-54-56(46)70-60(74-54)48-32-44(64(10,11)12)34-50(58(48)72)66(16,17)18/h19-36,71-72H,1-18H3. The number of fused-ring (bicyclic) bond motifs is 2. The zero-order valence-corrected chi connectivity index (χ0v) is 46.9. The maximum absolute atomic E-state index is 11.8. The second-order valence-electron chi connectivity index (χ2n) is 26.6. The molecule has 0 aliphatic rings. The van der Waals surface area contributed by atoms with Crippen LogP contribution in [0.15, 0.2) is 118 Å². The Labute approximate surface area is 438 Å². The third kappa shape index (κ3) is 10.0. The maximum Gasteiger partial charge on any atom is 0.231 e. The molecule has 9 rings (SSSR count). The molecule has 0 bridgehead atoms. The molecule has 382 valence electrons. The number of aromatic hydroxyl groups is 2. The van der Waals surface area contributed by atoms with Gasteiger partial charge in [-0.2, -0.15) is 0 Å². The van der Waals surface area contributed by atoms with Crippen LogP contribution in [0.3, 0.4) is 0 Å². The van der Waals surface area contributed by atoms with Gasteiger partial charge in [-0.3, -0.25) is 0 Å². The van der Waals surface area contributed by atoms with E-state index < -0.39 is 0 Å². The number of oxazole rings is 2. The Kier molecular flexibility index (Phi) is 12.5. The summed E-state index contributed by atoms with van der Waals surface area (Å²) < 4.78 is 13.1.